The van der Waals surface area contributed by atoms with Crippen molar-refractivity contribution < 1.29 is 13.2 Å². The molecule has 0 spiro atoms. The van der Waals surface area contributed by atoms with Crippen molar-refractivity contribution >= 4 is 22.4 Å². The normalized spacial score (nSPS) is 18.3. The Morgan fingerprint density at radius 3 is 2.58 bits per heavy atom. The molecule has 2 N–H and O–H groups in total. The van der Waals surface area contributed by atoms with Crippen LogP contribution >= 0.6 is 12.4 Å². The molecule has 0 amide bonds. The molecular weight excluding hydrogens is 354 g/mol. The summed E-state index contributed by atoms with van der Waals surface area (Å²) < 4.78 is 33.6. The number of aryl methyl sites for hydroxylation is 1. The van der Waals surface area contributed by atoms with Crippen LogP contribution in [0.4, 0.5) is 0 Å². The molecule has 1 unspecified atom stereocenters. The first-order chi connectivity index (χ1) is 11.0. The summed E-state index contributed by atoms with van der Waals surface area (Å²) in [5, 5.41) is 3.96. The minimum Gasteiger partial charge on any atom is -0.486 e. The average Bonchev–Trinajstić information content (AvgIpc) is 3.14. The van der Waals surface area contributed by atoms with E-state index in [1.807, 2.05) is 0 Å². The fraction of sp³-hybridized carbons (Fsp3) is 0.429. The highest BCUT2D eigenvalue weighted by Gasteiger charge is 2.30. The van der Waals surface area contributed by atoms with Gasteiger partial charge in [0.15, 0.2) is 5.82 Å². The molecule has 1 aromatic heterocycles. The lowest BCUT2D eigenvalue weighted by molar-refractivity contribution is 0.289. The summed E-state index contributed by atoms with van der Waals surface area (Å²) in [4.78, 5) is 4.31. The van der Waals surface area contributed by atoms with Crippen LogP contribution in [0.25, 0.3) is 0 Å². The smallest absolute Gasteiger partial charge is 0.243 e. The molecule has 1 saturated heterocycles. The van der Waals surface area contributed by atoms with E-state index in [9.17, 15) is 8.42 Å². The summed E-state index contributed by atoms with van der Waals surface area (Å²) in [7, 11) is -1.70. The fourth-order valence-corrected chi connectivity index (χ4v) is 3.94. The Hall–Kier alpha value is -1.68. The van der Waals surface area contributed by atoms with Gasteiger partial charge >= 0.3 is 0 Å². The Morgan fingerprint density at radius 2 is 2.04 bits per heavy atom. The molecule has 1 aliphatic rings. The highest BCUT2D eigenvalue weighted by Crippen LogP contribution is 2.23. The first-order valence-electron chi connectivity index (χ1n) is 7.28. The third kappa shape index (κ3) is 3.86. The quantitative estimate of drug-likeness (QED) is 0.820. The molecule has 1 aromatic carbocycles. The van der Waals surface area contributed by atoms with Crippen LogP contribution < -0.4 is 10.5 Å². The number of nitrogens with two attached hydrogens (primary N) is 1. The second kappa shape index (κ2) is 7.47. The second-order valence-corrected chi connectivity index (χ2v) is 7.41. The topological polar surface area (TPSA) is 103 Å². The molecule has 8 nitrogen and oxygen atoms in total. The molecule has 2 heterocycles. The summed E-state index contributed by atoms with van der Waals surface area (Å²) in [5.74, 6) is 1.26. The maximum absolute atomic E-state index is 12.5. The predicted molar refractivity (Wildman–Crippen MR) is 90.4 cm³/mol. The molecule has 0 aliphatic carbocycles. The first kappa shape index (κ1) is 18.7. The summed E-state index contributed by atoms with van der Waals surface area (Å²) in [6, 6.07) is 6.29. The molecule has 0 radical (unpaired) electrons. The van der Waals surface area contributed by atoms with E-state index in [0.717, 1.165) is 0 Å². The molecular formula is C14H20ClN5O3S. The van der Waals surface area contributed by atoms with Crippen LogP contribution in [0.5, 0.6) is 5.75 Å². The van der Waals surface area contributed by atoms with E-state index in [1.165, 1.54) is 10.6 Å². The van der Waals surface area contributed by atoms with Crippen LogP contribution in [0.1, 0.15) is 12.2 Å². The van der Waals surface area contributed by atoms with E-state index < -0.39 is 10.0 Å². The van der Waals surface area contributed by atoms with Crippen molar-refractivity contribution in [2.24, 2.45) is 12.8 Å². The lowest BCUT2D eigenvalue weighted by atomic mass is 10.3. The zero-order valence-corrected chi connectivity index (χ0v) is 14.8. The minimum absolute atomic E-state index is 0. The van der Waals surface area contributed by atoms with Crippen molar-refractivity contribution in [1.29, 1.82) is 0 Å². The van der Waals surface area contributed by atoms with Crippen LogP contribution in [-0.2, 0) is 23.7 Å². The van der Waals surface area contributed by atoms with Crippen LogP contribution in [-0.4, -0.2) is 46.6 Å². The lowest BCUT2D eigenvalue weighted by Gasteiger charge is -2.16. The minimum atomic E-state index is -3.48. The Kier molecular flexibility index (Phi) is 5.81. The fourth-order valence-electron chi connectivity index (χ4n) is 2.43. The molecule has 10 heteroatoms. The number of nitrogens with zero attached hydrogens (tertiary/aromatic N) is 4. The molecule has 2 aromatic rings. The number of aromatic nitrogens is 3. The van der Waals surface area contributed by atoms with E-state index >= 15 is 0 Å². The van der Waals surface area contributed by atoms with Gasteiger partial charge in [-0.05, 0) is 30.7 Å². The van der Waals surface area contributed by atoms with Crippen molar-refractivity contribution in [1.82, 2.24) is 19.1 Å². The van der Waals surface area contributed by atoms with E-state index in [4.69, 9.17) is 10.5 Å². The van der Waals surface area contributed by atoms with Gasteiger partial charge in [-0.3, -0.25) is 4.68 Å². The first-order valence-corrected chi connectivity index (χ1v) is 8.72. The Labute approximate surface area is 147 Å². The molecule has 3 rings (SSSR count). The average molecular weight is 374 g/mol. The number of ether oxygens (including phenoxy) is 1. The molecule has 1 fully saturated rings. The molecule has 1 aliphatic heterocycles. The number of sulfonamides is 1. The van der Waals surface area contributed by atoms with E-state index in [-0.39, 0.29) is 30.0 Å². The zero-order valence-electron chi connectivity index (χ0n) is 13.2. The third-order valence-corrected chi connectivity index (χ3v) is 5.70. The maximum Gasteiger partial charge on any atom is 0.243 e. The highest BCUT2D eigenvalue weighted by molar-refractivity contribution is 7.89. The van der Waals surface area contributed by atoms with Crippen LogP contribution in [0, 0.1) is 0 Å². The molecule has 1 atom stereocenters. The molecule has 0 bridgehead atoms. The van der Waals surface area contributed by atoms with Crippen molar-refractivity contribution in [3.8, 4) is 5.75 Å². The molecule has 0 saturated carbocycles. The third-order valence-electron chi connectivity index (χ3n) is 3.82. The Balaban J connectivity index is 0.00000208. The van der Waals surface area contributed by atoms with Crippen molar-refractivity contribution in [3.05, 3.63) is 36.4 Å². The monoisotopic (exact) mass is 373 g/mol. The van der Waals surface area contributed by atoms with Gasteiger partial charge in [0.1, 0.15) is 18.7 Å². The van der Waals surface area contributed by atoms with Crippen molar-refractivity contribution in [2.75, 3.05) is 13.1 Å². The van der Waals surface area contributed by atoms with Gasteiger partial charge in [-0.15, -0.1) is 12.4 Å². The Morgan fingerprint density at radius 1 is 1.33 bits per heavy atom. The van der Waals surface area contributed by atoms with E-state index in [2.05, 4.69) is 10.1 Å². The van der Waals surface area contributed by atoms with Crippen LogP contribution in [0.15, 0.2) is 35.5 Å². The number of halogens is 1. The van der Waals surface area contributed by atoms with Gasteiger partial charge in [0, 0.05) is 26.2 Å². The lowest BCUT2D eigenvalue weighted by Crippen LogP contribution is -2.31. The Bertz CT molecular complexity index is 778. The number of rotatable bonds is 5. The summed E-state index contributed by atoms with van der Waals surface area (Å²) >= 11 is 0. The largest absolute Gasteiger partial charge is 0.486 e. The van der Waals surface area contributed by atoms with Gasteiger partial charge in [-0.25, -0.2) is 13.4 Å². The summed E-state index contributed by atoms with van der Waals surface area (Å²) in [5.41, 5.74) is 5.78. The summed E-state index contributed by atoms with van der Waals surface area (Å²) in [6.45, 7) is 1.10. The van der Waals surface area contributed by atoms with Gasteiger partial charge in [0.25, 0.3) is 0 Å². The standard InChI is InChI=1S/C14H19N5O3S.ClH/c1-18-14(16-10-17-18)9-22-12-2-4-13(5-3-12)23(20,21)19-7-6-11(15)8-19;/h2-5,10-11H,6-9,15H2,1H3;1H. The van der Waals surface area contributed by atoms with Gasteiger partial charge in [0.2, 0.25) is 10.0 Å². The van der Waals surface area contributed by atoms with Crippen LogP contribution in [0.2, 0.25) is 0 Å². The SMILES string of the molecule is Cl.Cn1ncnc1COc1ccc(S(=O)(=O)N2CCC(N)C2)cc1. The van der Waals surface area contributed by atoms with Gasteiger partial charge in [-0.2, -0.15) is 9.40 Å². The second-order valence-electron chi connectivity index (χ2n) is 5.47. The van der Waals surface area contributed by atoms with E-state index in [1.54, 1.807) is 36.0 Å². The van der Waals surface area contributed by atoms with Gasteiger partial charge in [0.05, 0.1) is 4.90 Å². The van der Waals surface area contributed by atoms with Crippen molar-refractivity contribution in [3.63, 3.8) is 0 Å². The van der Waals surface area contributed by atoms with Gasteiger partial charge in [-0.1, -0.05) is 0 Å². The van der Waals surface area contributed by atoms with E-state index in [0.29, 0.717) is 31.1 Å². The molecule has 24 heavy (non-hydrogen) atoms. The highest BCUT2D eigenvalue weighted by atomic mass is 35.5. The predicted octanol–water partition coefficient (Wildman–Crippen LogP) is 0.538. The number of hydrogen-bond acceptors (Lipinski definition) is 6. The summed E-state index contributed by atoms with van der Waals surface area (Å²) in [6.07, 6.45) is 2.15. The molecule has 132 valence electrons. The van der Waals surface area contributed by atoms with Crippen molar-refractivity contribution in [2.45, 2.75) is 24.0 Å². The zero-order chi connectivity index (χ0) is 16.4. The van der Waals surface area contributed by atoms with Gasteiger partial charge < -0.3 is 10.5 Å². The number of benzene rings is 1. The van der Waals surface area contributed by atoms with Crippen LogP contribution in [0.3, 0.4) is 0 Å². The maximum atomic E-state index is 12.5. The number of hydrogen-bond donors (Lipinski definition) is 1.